The largest absolute Gasteiger partial charge is 0.357 e. The molecular formula is C7H8F2N2O. The van der Waals surface area contributed by atoms with Crippen LogP contribution >= 0.6 is 0 Å². The van der Waals surface area contributed by atoms with E-state index in [2.05, 4.69) is 10.3 Å². The van der Waals surface area contributed by atoms with Crippen molar-refractivity contribution < 1.29 is 13.6 Å². The quantitative estimate of drug-likeness (QED) is 0.705. The highest BCUT2D eigenvalue weighted by Crippen LogP contribution is 1.94. The number of carbonyl (C=O) groups excluding carboxylic acids is 1. The predicted octanol–water partition coefficient (Wildman–Crippen LogP) is 1.01. The van der Waals surface area contributed by atoms with E-state index in [0.717, 1.165) is 0 Å². The number of aromatic amines is 1. The number of alkyl halides is 2. The van der Waals surface area contributed by atoms with E-state index in [4.69, 9.17) is 0 Å². The Morgan fingerprint density at radius 1 is 1.67 bits per heavy atom. The Hall–Kier alpha value is -1.39. The SMILES string of the molecule is O=C(NCC(F)F)c1ccc[nH]1. The van der Waals surface area contributed by atoms with Crippen LogP contribution < -0.4 is 5.32 Å². The van der Waals surface area contributed by atoms with Gasteiger partial charge in [-0.1, -0.05) is 0 Å². The molecule has 66 valence electrons. The van der Waals surface area contributed by atoms with Crippen molar-refractivity contribution >= 4 is 5.91 Å². The Bertz CT molecular complexity index is 246. The molecule has 0 aliphatic rings. The van der Waals surface area contributed by atoms with Crippen LogP contribution in [0.15, 0.2) is 18.3 Å². The molecule has 5 heteroatoms. The first-order valence-corrected chi connectivity index (χ1v) is 3.40. The van der Waals surface area contributed by atoms with Gasteiger partial charge in [0, 0.05) is 6.20 Å². The molecule has 12 heavy (non-hydrogen) atoms. The number of carbonyl (C=O) groups is 1. The van der Waals surface area contributed by atoms with Gasteiger partial charge >= 0.3 is 0 Å². The maximum Gasteiger partial charge on any atom is 0.267 e. The molecule has 0 saturated heterocycles. The Morgan fingerprint density at radius 3 is 2.92 bits per heavy atom. The summed E-state index contributed by atoms with van der Waals surface area (Å²) in [5.41, 5.74) is 0.288. The lowest BCUT2D eigenvalue weighted by molar-refractivity contribution is 0.0887. The van der Waals surface area contributed by atoms with E-state index in [9.17, 15) is 13.6 Å². The van der Waals surface area contributed by atoms with Gasteiger partial charge < -0.3 is 10.3 Å². The summed E-state index contributed by atoms with van der Waals surface area (Å²) in [5.74, 6) is -0.514. The molecule has 2 N–H and O–H groups in total. The summed E-state index contributed by atoms with van der Waals surface area (Å²) in [5, 5.41) is 2.06. The fraction of sp³-hybridized carbons (Fsp3) is 0.286. The van der Waals surface area contributed by atoms with Crippen LogP contribution in [0.4, 0.5) is 8.78 Å². The number of rotatable bonds is 3. The molecule has 1 rings (SSSR count). The van der Waals surface area contributed by atoms with E-state index in [0.29, 0.717) is 0 Å². The Balaban J connectivity index is 2.40. The van der Waals surface area contributed by atoms with Gasteiger partial charge in [-0.15, -0.1) is 0 Å². The van der Waals surface area contributed by atoms with E-state index in [1.165, 1.54) is 6.07 Å². The summed E-state index contributed by atoms with van der Waals surface area (Å²) in [6, 6.07) is 3.14. The first-order valence-electron chi connectivity index (χ1n) is 3.40. The topological polar surface area (TPSA) is 44.9 Å². The molecule has 1 heterocycles. The minimum atomic E-state index is -2.51. The van der Waals surface area contributed by atoms with Crippen molar-refractivity contribution in [2.24, 2.45) is 0 Å². The normalized spacial score (nSPS) is 10.2. The summed E-state index contributed by atoms with van der Waals surface area (Å²) in [6.45, 7) is -0.613. The zero-order chi connectivity index (χ0) is 8.97. The highest BCUT2D eigenvalue weighted by Gasteiger charge is 2.08. The molecule has 0 spiro atoms. The van der Waals surface area contributed by atoms with Gasteiger partial charge in [-0.2, -0.15) is 0 Å². The van der Waals surface area contributed by atoms with E-state index < -0.39 is 18.9 Å². The summed E-state index contributed by atoms with van der Waals surface area (Å²) < 4.78 is 23.2. The molecule has 1 aromatic heterocycles. The number of hydrogen-bond acceptors (Lipinski definition) is 1. The second-order valence-corrected chi connectivity index (χ2v) is 2.18. The number of amides is 1. The molecule has 0 unspecified atom stereocenters. The Labute approximate surface area is 67.8 Å². The fourth-order valence-corrected chi connectivity index (χ4v) is 0.737. The molecule has 0 atom stereocenters. The lowest BCUT2D eigenvalue weighted by Gasteiger charge is -2.01. The van der Waals surface area contributed by atoms with Gasteiger partial charge in [-0.3, -0.25) is 4.79 Å². The van der Waals surface area contributed by atoms with Gasteiger partial charge in [0.1, 0.15) is 5.69 Å². The molecule has 0 radical (unpaired) electrons. The Morgan fingerprint density at radius 2 is 2.42 bits per heavy atom. The van der Waals surface area contributed by atoms with Crippen LogP contribution in [0.1, 0.15) is 10.5 Å². The molecule has 0 fully saturated rings. The summed E-state index contributed by atoms with van der Waals surface area (Å²) >= 11 is 0. The Kier molecular flexibility index (Phi) is 2.79. The summed E-state index contributed by atoms with van der Waals surface area (Å²) in [4.78, 5) is 13.5. The maximum atomic E-state index is 11.6. The third-order valence-electron chi connectivity index (χ3n) is 1.26. The number of halogens is 2. The smallest absolute Gasteiger partial charge is 0.267 e. The molecule has 0 aliphatic carbocycles. The van der Waals surface area contributed by atoms with Gasteiger partial charge in [0.25, 0.3) is 12.3 Å². The van der Waals surface area contributed by atoms with E-state index in [-0.39, 0.29) is 5.69 Å². The minimum Gasteiger partial charge on any atom is -0.357 e. The van der Waals surface area contributed by atoms with Crippen molar-refractivity contribution in [2.45, 2.75) is 6.43 Å². The van der Waals surface area contributed by atoms with Crippen molar-refractivity contribution in [1.29, 1.82) is 0 Å². The second-order valence-electron chi connectivity index (χ2n) is 2.18. The van der Waals surface area contributed by atoms with Crippen LogP contribution in [0.2, 0.25) is 0 Å². The number of hydrogen-bond donors (Lipinski definition) is 2. The van der Waals surface area contributed by atoms with Crippen LogP contribution in [-0.4, -0.2) is 23.9 Å². The first kappa shape index (κ1) is 8.70. The average molecular weight is 174 g/mol. The van der Waals surface area contributed by atoms with E-state index in [1.54, 1.807) is 12.3 Å². The monoisotopic (exact) mass is 174 g/mol. The lowest BCUT2D eigenvalue weighted by Crippen LogP contribution is -2.28. The average Bonchev–Trinajstić information content (AvgIpc) is 2.51. The molecule has 0 aliphatic heterocycles. The minimum absolute atomic E-state index is 0.288. The molecule has 3 nitrogen and oxygen atoms in total. The zero-order valence-electron chi connectivity index (χ0n) is 6.18. The van der Waals surface area contributed by atoms with Gasteiger partial charge in [-0.05, 0) is 12.1 Å². The highest BCUT2D eigenvalue weighted by molar-refractivity contribution is 5.92. The lowest BCUT2D eigenvalue weighted by atomic mass is 10.4. The molecule has 1 aromatic rings. The third-order valence-corrected chi connectivity index (χ3v) is 1.26. The molecule has 0 saturated carbocycles. The van der Waals surface area contributed by atoms with Gasteiger partial charge in [0.15, 0.2) is 0 Å². The van der Waals surface area contributed by atoms with Crippen LogP contribution in [0, 0.1) is 0 Å². The van der Waals surface area contributed by atoms with Gasteiger partial charge in [0.05, 0.1) is 6.54 Å². The van der Waals surface area contributed by atoms with Crippen molar-refractivity contribution in [3.63, 3.8) is 0 Å². The maximum absolute atomic E-state index is 11.6. The molecule has 0 aromatic carbocycles. The van der Waals surface area contributed by atoms with Crippen molar-refractivity contribution in [3.05, 3.63) is 24.0 Å². The molecule has 1 amide bonds. The first-order chi connectivity index (χ1) is 5.70. The van der Waals surface area contributed by atoms with Crippen molar-refractivity contribution in [2.75, 3.05) is 6.54 Å². The predicted molar refractivity (Wildman–Crippen MR) is 39.1 cm³/mol. The zero-order valence-corrected chi connectivity index (χ0v) is 6.18. The van der Waals surface area contributed by atoms with Crippen LogP contribution in [-0.2, 0) is 0 Å². The third kappa shape index (κ3) is 2.34. The van der Waals surface area contributed by atoms with Gasteiger partial charge in [-0.25, -0.2) is 8.78 Å². The summed E-state index contributed by atoms with van der Waals surface area (Å²) in [7, 11) is 0. The molecular weight excluding hydrogens is 166 g/mol. The van der Waals surface area contributed by atoms with E-state index >= 15 is 0 Å². The van der Waals surface area contributed by atoms with Gasteiger partial charge in [0.2, 0.25) is 0 Å². The number of nitrogens with one attached hydrogen (secondary N) is 2. The van der Waals surface area contributed by atoms with E-state index in [1.807, 2.05) is 0 Å². The number of aromatic nitrogens is 1. The van der Waals surface area contributed by atoms with Crippen molar-refractivity contribution in [3.8, 4) is 0 Å². The molecule has 0 bridgehead atoms. The van der Waals surface area contributed by atoms with Crippen LogP contribution in [0.3, 0.4) is 0 Å². The summed E-state index contributed by atoms with van der Waals surface area (Å²) in [6.07, 6.45) is -0.957. The van der Waals surface area contributed by atoms with Crippen LogP contribution in [0.5, 0.6) is 0 Å². The van der Waals surface area contributed by atoms with Crippen molar-refractivity contribution in [1.82, 2.24) is 10.3 Å². The number of H-pyrrole nitrogens is 1. The second kappa shape index (κ2) is 3.85. The van der Waals surface area contributed by atoms with Crippen LogP contribution in [0.25, 0.3) is 0 Å². The fourth-order valence-electron chi connectivity index (χ4n) is 0.737. The standard InChI is InChI=1S/C7H8F2N2O/c8-6(9)4-11-7(12)5-2-1-3-10-5/h1-3,6,10H,4H2,(H,11,12). The highest BCUT2D eigenvalue weighted by atomic mass is 19.3.